The summed E-state index contributed by atoms with van der Waals surface area (Å²) in [5.74, 6) is 0.622. The molecule has 0 saturated heterocycles. The largest absolute Gasteiger partial charge is 0.362 e. The van der Waals surface area contributed by atoms with Gasteiger partial charge in [-0.3, -0.25) is 14.6 Å². The summed E-state index contributed by atoms with van der Waals surface area (Å²) in [4.78, 5) is 43.7. The van der Waals surface area contributed by atoms with Gasteiger partial charge in [-0.25, -0.2) is 15.0 Å². The fourth-order valence-electron chi connectivity index (χ4n) is 4.51. The number of pyridine rings is 2. The molecular weight excluding hydrogens is 576 g/mol. The van der Waals surface area contributed by atoms with Crippen molar-refractivity contribution in [3.05, 3.63) is 124 Å². The highest BCUT2D eigenvalue weighted by Gasteiger charge is 2.16. The second-order valence-electron chi connectivity index (χ2n) is 10.4. The van der Waals surface area contributed by atoms with Gasteiger partial charge in [0.05, 0.1) is 24.1 Å². The molecule has 0 radical (unpaired) electrons. The van der Waals surface area contributed by atoms with E-state index < -0.39 is 0 Å². The van der Waals surface area contributed by atoms with E-state index in [-0.39, 0.29) is 29.1 Å². The lowest BCUT2D eigenvalue weighted by atomic mass is 10.0. The molecule has 0 spiro atoms. The molecule has 0 aliphatic rings. The third kappa shape index (κ3) is 7.60. The molecule has 0 aliphatic heterocycles. The number of rotatable bonds is 9. The van der Waals surface area contributed by atoms with E-state index in [1.165, 1.54) is 6.20 Å². The number of anilines is 3. The van der Waals surface area contributed by atoms with Crippen molar-refractivity contribution >= 4 is 40.9 Å². The monoisotopic (exact) mass is 606 g/mol. The van der Waals surface area contributed by atoms with E-state index in [2.05, 4.69) is 30.9 Å². The van der Waals surface area contributed by atoms with Crippen LogP contribution in [0.1, 0.15) is 63.3 Å². The number of amides is 2. The number of nitrogens with one attached hydrogen (secondary N) is 3. The van der Waals surface area contributed by atoms with Crippen molar-refractivity contribution in [2.24, 2.45) is 5.73 Å². The minimum absolute atomic E-state index is 0.196. The van der Waals surface area contributed by atoms with Crippen molar-refractivity contribution in [3.63, 3.8) is 0 Å². The Morgan fingerprint density at radius 1 is 0.795 bits per heavy atom. The van der Waals surface area contributed by atoms with Crippen LogP contribution in [-0.2, 0) is 0 Å². The van der Waals surface area contributed by atoms with E-state index in [0.717, 1.165) is 16.7 Å². The smallest absolute Gasteiger partial charge is 0.256 e. The first-order valence-corrected chi connectivity index (χ1v) is 14.3. The molecule has 44 heavy (non-hydrogen) atoms. The molecule has 5 rings (SSSR count). The van der Waals surface area contributed by atoms with E-state index in [9.17, 15) is 9.59 Å². The number of carbonyl (C=O) groups excluding carboxylic acids is 2. The minimum Gasteiger partial charge on any atom is -0.362 e. The predicted molar refractivity (Wildman–Crippen MR) is 173 cm³/mol. The van der Waals surface area contributed by atoms with Gasteiger partial charge in [0.25, 0.3) is 11.8 Å². The lowest BCUT2D eigenvalue weighted by Gasteiger charge is -2.18. The summed E-state index contributed by atoms with van der Waals surface area (Å²) in [6.45, 7) is 5.73. The average Bonchev–Trinajstić information content (AvgIpc) is 3.01. The van der Waals surface area contributed by atoms with E-state index in [0.29, 0.717) is 39.8 Å². The van der Waals surface area contributed by atoms with Crippen LogP contribution in [0.5, 0.6) is 0 Å². The van der Waals surface area contributed by atoms with Gasteiger partial charge in [0.2, 0.25) is 0 Å². The summed E-state index contributed by atoms with van der Waals surface area (Å²) >= 11 is 6.03. The van der Waals surface area contributed by atoms with Crippen molar-refractivity contribution in [2.75, 3.05) is 16.0 Å². The molecule has 2 amide bonds. The number of benzene rings is 2. The molecule has 3 aromatic heterocycles. The van der Waals surface area contributed by atoms with Crippen LogP contribution in [0.15, 0.2) is 91.4 Å². The molecule has 0 fully saturated rings. The average molecular weight is 607 g/mol. The topological polar surface area (TPSA) is 148 Å². The van der Waals surface area contributed by atoms with Gasteiger partial charge in [-0.2, -0.15) is 0 Å². The molecule has 0 aliphatic carbocycles. The summed E-state index contributed by atoms with van der Waals surface area (Å²) in [7, 11) is 0. The van der Waals surface area contributed by atoms with Crippen LogP contribution in [0, 0.1) is 6.92 Å². The normalized spacial score (nSPS) is 12.2. The number of nitrogens with zero attached hydrogens (tertiary/aromatic N) is 4. The molecule has 5 aromatic rings. The predicted octanol–water partition coefficient (Wildman–Crippen LogP) is 6.59. The number of aromatic nitrogens is 4. The van der Waals surface area contributed by atoms with Crippen molar-refractivity contribution in [1.29, 1.82) is 0 Å². The van der Waals surface area contributed by atoms with Crippen molar-refractivity contribution in [2.45, 2.75) is 32.9 Å². The molecule has 0 saturated carbocycles. The van der Waals surface area contributed by atoms with Gasteiger partial charge in [-0.1, -0.05) is 41.4 Å². The Hall–Kier alpha value is -5.19. The van der Waals surface area contributed by atoms with Gasteiger partial charge in [-0.15, -0.1) is 0 Å². The second-order valence-corrected chi connectivity index (χ2v) is 10.8. The molecule has 222 valence electrons. The first-order valence-electron chi connectivity index (χ1n) is 13.9. The summed E-state index contributed by atoms with van der Waals surface area (Å²) in [6, 6.07) is 21.2. The first kappa shape index (κ1) is 30.3. The van der Waals surface area contributed by atoms with E-state index in [1.807, 2.05) is 57.2 Å². The third-order valence-corrected chi connectivity index (χ3v) is 6.99. The van der Waals surface area contributed by atoms with Crippen LogP contribution in [0.25, 0.3) is 11.3 Å². The van der Waals surface area contributed by atoms with E-state index in [1.54, 1.807) is 48.8 Å². The Labute approximate surface area is 260 Å². The van der Waals surface area contributed by atoms with Gasteiger partial charge in [0, 0.05) is 28.9 Å². The van der Waals surface area contributed by atoms with E-state index >= 15 is 0 Å². The maximum Gasteiger partial charge on any atom is 0.256 e. The maximum atomic E-state index is 13.2. The fourth-order valence-corrected chi connectivity index (χ4v) is 4.66. The van der Waals surface area contributed by atoms with Crippen LogP contribution < -0.4 is 21.7 Å². The number of hydrogen-bond donors (Lipinski definition) is 4. The Bertz CT molecular complexity index is 1830. The number of aryl methyl sites for hydroxylation is 1. The zero-order valence-electron chi connectivity index (χ0n) is 24.4. The van der Waals surface area contributed by atoms with Crippen LogP contribution in [-0.4, -0.2) is 31.8 Å². The summed E-state index contributed by atoms with van der Waals surface area (Å²) in [5.41, 5.74) is 10.8. The van der Waals surface area contributed by atoms with Crippen molar-refractivity contribution in [1.82, 2.24) is 19.9 Å². The highest BCUT2D eigenvalue weighted by molar-refractivity contribution is 6.29. The van der Waals surface area contributed by atoms with Gasteiger partial charge in [0.1, 0.15) is 22.6 Å². The molecule has 2 aromatic carbocycles. The number of nitrogens with two attached hydrogens (primary N) is 1. The first-order chi connectivity index (χ1) is 21.1. The lowest BCUT2D eigenvalue weighted by Crippen LogP contribution is -2.15. The lowest BCUT2D eigenvalue weighted by molar-refractivity contribution is 0.101. The maximum absolute atomic E-state index is 13.2. The van der Waals surface area contributed by atoms with Crippen molar-refractivity contribution in [3.8, 4) is 11.3 Å². The highest BCUT2D eigenvalue weighted by Crippen LogP contribution is 2.28. The molecule has 11 heteroatoms. The fraction of sp³-hybridized carbons (Fsp3) is 0.152. The Balaban J connectivity index is 1.47. The number of hydrogen-bond acceptors (Lipinski definition) is 8. The molecule has 3 heterocycles. The van der Waals surface area contributed by atoms with Gasteiger partial charge in [-0.05, 0) is 80.4 Å². The quantitative estimate of drug-likeness (QED) is 0.147. The van der Waals surface area contributed by atoms with Crippen molar-refractivity contribution < 1.29 is 9.59 Å². The Morgan fingerprint density at radius 3 is 2.23 bits per heavy atom. The van der Waals surface area contributed by atoms with Crippen LogP contribution in [0.2, 0.25) is 5.15 Å². The highest BCUT2D eigenvalue weighted by atomic mass is 35.5. The molecule has 10 nitrogen and oxygen atoms in total. The summed E-state index contributed by atoms with van der Waals surface area (Å²) in [5, 5.41) is 9.31. The van der Waals surface area contributed by atoms with Gasteiger partial charge >= 0.3 is 0 Å². The minimum atomic E-state index is -0.333. The second kappa shape index (κ2) is 13.4. The standard InChI is InChI=1S/C33H31ClN8O2/c1-19-6-4-8-24(12-19)32(43)42-30-16-26(21(3)38-31-18-36-17-28(34)40-31)14-27(39-30)23-7-5-9-25(13-23)33(44)41-29-15-22(20(2)35)10-11-37-29/h4-18,20-21H,35H2,1-3H3,(H,38,40)(H,37,41,44)(H,39,42,43)/t20-,21-/m0/s1. The molecule has 5 N–H and O–H groups in total. The zero-order chi connectivity index (χ0) is 31.2. The van der Waals surface area contributed by atoms with Crippen LogP contribution in [0.4, 0.5) is 17.5 Å². The number of halogens is 1. The summed E-state index contributed by atoms with van der Waals surface area (Å²) < 4.78 is 0. The van der Waals surface area contributed by atoms with Gasteiger partial charge in [0.15, 0.2) is 0 Å². The molecule has 0 unspecified atom stereocenters. The number of carbonyl (C=O) groups is 2. The molecular formula is C33H31ClN8O2. The van der Waals surface area contributed by atoms with Crippen LogP contribution in [0.3, 0.4) is 0 Å². The summed E-state index contributed by atoms with van der Waals surface area (Å²) in [6.07, 6.45) is 4.64. The molecule has 0 bridgehead atoms. The SMILES string of the molecule is Cc1cccc(C(=O)Nc2cc([C@H](C)Nc3cncc(Cl)n3)cc(-c3cccc(C(=O)Nc4cc([C@H](C)N)ccn4)c3)n2)c1. The Morgan fingerprint density at radius 2 is 1.50 bits per heavy atom. The Kier molecular flexibility index (Phi) is 9.23. The van der Waals surface area contributed by atoms with E-state index in [4.69, 9.17) is 22.3 Å². The van der Waals surface area contributed by atoms with Crippen LogP contribution >= 0.6 is 11.6 Å². The molecule has 2 atom stereocenters. The van der Waals surface area contributed by atoms with Gasteiger partial charge < -0.3 is 21.7 Å². The third-order valence-electron chi connectivity index (χ3n) is 6.81. The zero-order valence-corrected chi connectivity index (χ0v) is 25.1.